The van der Waals surface area contributed by atoms with E-state index in [1.165, 1.54) is 31.9 Å². The van der Waals surface area contributed by atoms with Gasteiger partial charge in [-0.1, -0.05) is 0 Å². The van der Waals surface area contributed by atoms with Crippen LogP contribution in [-0.2, 0) is 7.05 Å². The molecule has 2 aromatic carbocycles. The standard InChI is InChI=1S/C18H15N2Se/c1-12-5-3-4-6-14(12)18-15-10-17-13(7-8-21-17)9-16(15)19-11-20(18)2/h3-11H,1-2H3/q+1. The van der Waals surface area contributed by atoms with Crippen molar-refractivity contribution < 1.29 is 4.57 Å². The van der Waals surface area contributed by atoms with Crippen LogP contribution in [0.25, 0.3) is 31.8 Å². The normalized spacial score (nSPS) is 11.3. The third kappa shape index (κ3) is 2.01. The topological polar surface area (TPSA) is 16.8 Å². The van der Waals surface area contributed by atoms with E-state index in [1.54, 1.807) is 0 Å². The van der Waals surface area contributed by atoms with Crippen molar-refractivity contribution in [1.82, 2.24) is 4.98 Å². The molecule has 0 spiro atoms. The number of rotatable bonds is 1. The van der Waals surface area contributed by atoms with Gasteiger partial charge in [0.05, 0.1) is 0 Å². The summed E-state index contributed by atoms with van der Waals surface area (Å²) >= 11 is 0.459. The molecular formula is C18H15N2Se+. The summed E-state index contributed by atoms with van der Waals surface area (Å²) < 4.78 is 3.59. The number of hydrogen-bond donors (Lipinski definition) is 0. The molecule has 0 radical (unpaired) electrons. The second-order valence-corrected chi connectivity index (χ2v) is 7.34. The fraction of sp³-hybridized carbons (Fsp3) is 0.111. The Labute approximate surface area is 129 Å². The van der Waals surface area contributed by atoms with Crippen LogP contribution in [0.3, 0.4) is 0 Å². The summed E-state index contributed by atoms with van der Waals surface area (Å²) in [4.78, 5) is 6.89. The van der Waals surface area contributed by atoms with Gasteiger partial charge in [-0.15, -0.1) is 0 Å². The van der Waals surface area contributed by atoms with Crippen LogP contribution in [0.1, 0.15) is 5.56 Å². The fourth-order valence-corrected chi connectivity index (χ4v) is 4.56. The van der Waals surface area contributed by atoms with Gasteiger partial charge in [0.25, 0.3) is 0 Å². The summed E-state index contributed by atoms with van der Waals surface area (Å²) in [6, 6.07) is 15.3. The van der Waals surface area contributed by atoms with Gasteiger partial charge in [-0.05, 0) is 0 Å². The molecule has 0 unspecified atom stereocenters. The van der Waals surface area contributed by atoms with E-state index in [0.29, 0.717) is 14.5 Å². The molecule has 102 valence electrons. The molecule has 0 saturated heterocycles. The van der Waals surface area contributed by atoms with Crippen LogP contribution in [-0.4, -0.2) is 19.5 Å². The van der Waals surface area contributed by atoms with E-state index in [9.17, 15) is 0 Å². The Morgan fingerprint density at radius 1 is 1.10 bits per heavy atom. The van der Waals surface area contributed by atoms with E-state index < -0.39 is 0 Å². The first kappa shape index (κ1) is 12.8. The van der Waals surface area contributed by atoms with Gasteiger partial charge in [0, 0.05) is 0 Å². The molecule has 2 aromatic heterocycles. The molecule has 0 aliphatic carbocycles. The van der Waals surface area contributed by atoms with Crippen molar-refractivity contribution in [2.45, 2.75) is 6.92 Å². The summed E-state index contributed by atoms with van der Waals surface area (Å²) in [6.07, 6.45) is 1.92. The van der Waals surface area contributed by atoms with Gasteiger partial charge in [-0.2, -0.15) is 0 Å². The first-order valence-electron chi connectivity index (χ1n) is 6.95. The molecule has 2 heterocycles. The molecule has 2 nitrogen and oxygen atoms in total. The fourth-order valence-electron chi connectivity index (χ4n) is 2.86. The van der Waals surface area contributed by atoms with Gasteiger partial charge in [0.15, 0.2) is 0 Å². The molecular weight excluding hydrogens is 323 g/mol. The van der Waals surface area contributed by atoms with Crippen LogP contribution >= 0.6 is 0 Å². The third-order valence-corrected chi connectivity index (χ3v) is 5.79. The van der Waals surface area contributed by atoms with E-state index in [2.05, 4.69) is 70.9 Å². The van der Waals surface area contributed by atoms with Gasteiger partial charge < -0.3 is 0 Å². The summed E-state index contributed by atoms with van der Waals surface area (Å²) in [5.41, 5.74) is 4.91. The average Bonchev–Trinajstić information content (AvgIpc) is 2.94. The Bertz CT molecular complexity index is 969. The Morgan fingerprint density at radius 2 is 1.95 bits per heavy atom. The predicted octanol–water partition coefficient (Wildman–Crippen LogP) is 3.24. The quantitative estimate of drug-likeness (QED) is 0.385. The zero-order chi connectivity index (χ0) is 14.4. The van der Waals surface area contributed by atoms with E-state index in [4.69, 9.17) is 0 Å². The second-order valence-electron chi connectivity index (χ2n) is 5.35. The first-order chi connectivity index (χ1) is 10.2. The van der Waals surface area contributed by atoms with E-state index in [-0.39, 0.29) is 0 Å². The molecule has 0 N–H and O–H groups in total. The minimum atomic E-state index is 0.459. The molecule has 4 rings (SSSR count). The Balaban J connectivity index is 2.16. The average molecular weight is 338 g/mol. The van der Waals surface area contributed by atoms with Crippen LogP contribution in [0.15, 0.2) is 53.7 Å². The molecule has 0 atom stereocenters. The molecule has 0 aliphatic heterocycles. The molecule has 21 heavy (non-hydrogen) atoms. The molecule has 0 bridgehead atoms. The monoisotopic (exact) mass is 339 g/mol. The van der Waals surface area contributed by atoms with Crippen LogP contribution in [0.5, 0.6) is 0 Å². The van der Waals surface area contributed by atoms with Gasteiger partial charge >= 0.3 is 129 Å². The molecule has 0 fully saturated rings. The minimum absolute atomic E-state index is 0.459. The number of benzene rings is 2. The van der Waals surface area contributed by atoms with Crippen molar-refractivity contribution in [3.63, 3.8) is 0 Å². The molecule has 3 heteroatoms. The van der Waals surface area contributed by atoms with Gasteiger partial charge in [0.1, 0.15) is 0 Å². The van der Waals surface area contributed by atoms with Crippen molar-refractivity contribution in [2.24, 2.45) is 7.05 Å². The Hall–Kier alpha value is -1.96. The maximum atomic E-state index is 4.61. The molecule has 0 saturated carbocycles. The molecule has 4 aromatic rings. The summed E-state index contributed by atoms with van der Waals surface area (Å²) in [5.74, 6) is 0. The maximum absolute atomic E-state index is 4.61. The third-order valence-electron chi connectivity index (χ3n) is 3.95. The molecule has 0 aliphatic rings. The number of nitrogens with zero attached hydrogens (tertiary/aromatic N) is 2. The van der Waals surface area contributed by atoms with Gasteiger partial charge in [-0.3, -0.25) is 0 Å². The van der Waals surface area contributed by atoms with Crippen molar-refractivity contribution in [3.8, 4) is 11.3 Å². The second kappa shape index (κ2) is 4.80. The van der Waals surface area contributed by atoms with Crippen LogP contribution in [0, 0.1) is 6.92 Å². The summed E-state index contributed by atoms with van der Waals surface area (Å²) in [6.45, 7) is 2.17. The van der Waals surface area contributed by atoms with Crippen molar-refractivity contribution in [2.75, 3.05) is 0 Å². The first-order valence-corrected chi connectivity index (χ1v) is 8.80. The van der Waals surface area contributed by atoms with Gasteiger partial charge in [-0.25, -0.2) is 0 Å². The van der Waals surface area contributed by atoms with Crippen LogP contribution in [0.2, 0.25) is 0 Å². The van der Waals surface area contributed by atoms with Crippen LogP contribution in [0.4, 0.5) is 0 Å². The number of fused-ring (bicyclic) bond motifs is 2. The molecule has 0 amide bonds. The van der Waals surface area contributed by atoms with E-state index in [0.717, 1.165) is 5.52 Å². The summed E-state index contributed by atoms with van der Waals surface area (Å²) in [7, 11) is 2.07. The number of aromatic nitrogens is 2. The van der Waals surface area contributed by atoms with Crippen molar-refractivity contribution in [3.05, 3.63) is 59.3 Å². The van der Waals surface area contributed by atoms with Crippen molar-refractivity contribution in [1.29, 1.82) is 0 Å². The number of hydrogen-bond acceptors (Lipinski definition) is 1. The predicted molar refractivity (Wildman–Crippen MR) is 87.5 cm³/mol. The van der Waals surface area contributed by atoms with E-state index >= 15 is 0 Å². The SMILES string of the molecule is Cc1ccccc1-c1c2cc3[se]ccc3cc2nc[n+]1C. The van der Waals surface area contributed by atoms with Crippen LogP contribution < -0.4 is 4.57 Å². The van der Waals surface area contributed by atoms with Gasteiger partial charge in [0.2, 0.25) is 0 Å². The zero-order valence-corrected chi connectivity index (χ0v) is 13.7. The van der Waals surface area contributed by atoms with E-state index in [1.807, 2.05) is 6.33 Å². The number of aryl methyl sites for hydroxylation is 2. The summed E-state index contributed by atoms with van der Waals surface area (Å²) in [5, 5.41) is 2.58. The Morgan fingerprint density at radius 3 is 2.81 bits per heavy atom. The Kier molecular flexibility index (Phi) is 2.91. The zero-order valence-electron chi connectivity index (χ0n) is 12.0. The van der Waals surface area contributed by atoms with Crippen molar-refractivity contribution >= 4 is 35.1 Å².